The van der Waals surface area contributed by atoms with Crippen LogP contribution < -0.4 is 15.3 Å². The van der Waals surface area contributed by atoms with Crippen molar-refractivity contribution in [3.05, 3.63) is 45.3 Å². The number of carbonyl (C=O) groups is 1. The van der Waals surface area contributed by atoms with Gasteiger partial charge in [-0.05, 0) is 18.4 Å². The van der Waals surface area contributed by atoms with E-state index in [1.807, 2.05) is 24.3 Å². The van der Waals surface area contributed by atoms with Crippen LogP contribution in [0.1, 0.15) is 28.8 Å². The summed E-state index contributed by atoms with van der Waals surface area (Å²) in [4.78, 5) is 16.7. The second kappa shape index (κ2) is 4.93. The highest BCUT2D eigenvalue weighted by Crippen LogP contribution is 2.20. The monoisotopic (exact) mass is 295 g/mol. The lowest BCUT2D eigenvalue weighted by Gasteiger charge is -1.95. The molecular weight excluding hydrogens is 282 g/mol. The van der Waals surface area contributed by atoms with Crippen molar-refractivity contribution in [3.8, 4) is 0 Å². The fourth-order valence-electron chi connectivity index (χ4n) is 2.64. The van der Waals surface area contributed by atoms with Gasteiger partial charge in [-0.3, -0.25) is 10.2 Å². The number of thiazole rings is 1. The molecule has 0 atom stereocenters. The maximum atomic E-state index is 12.2. The molecule has 0 bridgehead atoms. The van der Waals surface area contributed by atoms with Gasteiger partial charge in [0.25, 0.3) is 0 Å². The van der Waals surface area contributed by atoms with Gasteiger partial charge in [0.1, 0.15) is 5.71 Å². The van der Waals surface area contributed by atoms with Crippen molar-refractivity contribution in [2.24, 2.45) is 5.10 Å². The van der Waals surface area contributed by atoms with E-state index in [0.29, 0.717) is 12.1 Å². The summed E-state index contributed by atoms with van der Waals surface area (Å²) in [5.74, 6) is 0.0116. The third-order valence-electron chi connectivity index (χ3n) is 3.68. The van der Waals surface area contributed by atoms with E-state index in [0.717, 1.165) is 34.4 Å². The molecule has 0 fully saturated rings. The van der Waals surface area contributed by atoms with Crippen LogP contribution in [0.4, 0.5) is 5.13 Å². The Bertz CT molecular complexity index is 846. The van der Waals surface area contributed by atoms with Crippen molar-refractivity contribution < 1.29 is 4.79 Å². The van der Waals surface area contributed by atoms with E-state index in [1.165, 1.54) is 4.53 Å². The zero-order valence-corrected chi connectivity index (χ0v) is 12.1. The zero-order chi connectivity index (χ0) is 14.2. The standard InChI is InChI=1S/C16H13N3OS/c20-15-11-6-2-1-5-10(11)9-13(15)18-19-16-17-12-7-3-4-8-14(12)21-16/h1-2,5-8H,3-4,9H2,(H,17,19)/b18-13-. The number of Topliss-reactive ketones (excluding diaryl/α,β-unsaturated/α-hetero) is 1. The van der Waals surface area contributed by atoms with Crippen LogP contribution in [-0.4, -0.2) is 16.5 Å². The lowest BCUT2D eigenvalue weighted by molar-refractivity contribution is 0.106. The molecule has 0 saturated carbocycles. The fourth-order valence-corrected chi connectivity index (χ4v) is 3.51. The molecule has 1 aromatic heterocycles. The lowest BCUT2D eigenvalue weighted by Crippen LogP contribution is -2.22. The molecule has 0 saturated heterocycles. The molecule has 0 spiro atoms. The van der Waals surface area contributed by atoms with Crippen molar-refractivity contribution >= 4 is 40.1 Å². The maximum absolute atomic E-state index is 12.2. The summed E-state index contributed by atoms with van der Waals surface area (Å²) in [6.45, 7) is 0. The molecule has 1 N–H and O–H groups in total. The van der Waals surface area contributed by atoms with Gasteiger partial charge in [0.2, 0.25) is 10.9 Å². The molecule has 0 amide bonds. The van der Waals surface area contributed by atoms with Crippen LogP contribution in [0, 0.1) is 0 Å². The highest BCUT2D eigenvalue weighted by molar-refractivity contribution is 7.13. The van der Waals surface area contributed by atoms with Crippen molar-refractivity contribution in [2.45, 2.75) is 19.3 Å². The minimum Gasteiger partial charge on any atom is -0.287 e. The summed E-state index contributed by atoms with van der Waals surface area (Å²) in [5, 5.41) is 6.03. The van der Waals surface area contributed by atoms with Crippen LogP contribution in [-0.2, 0) is 6.42 Å². The number of hydrazone groups is 1. The van der Waals surface area contributed by atoms with E-state index >= 15 is 0 Å². The first-order valence-corrected chi connectivity index (χ1v) is 7.75. The third-order valence-corrected chi connectivity index (χ3v) is 4.66. The summed E-state index contributed by atoms with van der Waals surface area (Å²) in [6.07, 6.45) is 7.03. The molecule has 0 aliphatic heterocycles. The SMILES string of the molecule is O=C1/C(=N\Nc2nc3c(s2)=CCCC=3)Cc2ccccc21. The van der Waals surface area contributed by atoms with Crippen molar-refractivity contribution in [3.63, 3.8) is 0 Å². The largest absolute Gasteiger partial charge is 0.287 e. The summed E-state index contributed by atoms with van der Waals surface area (Å²) >= 11 is 1.58. The summed E-state index contributed by atoms with van der Waals surface area (Å²) in [7, 11) is 0. The molecular formula is C16H13N3OS. The molecule has 0 unspecified atom stereocenters. The molecule has 4 rings (SSSR count). The smallest absolute Gasteiger partial charge is 0.209 e. The highest BCUT2D eigenvalue weighted by atomic mass is 32.1. The predicted molar refractivity (Wildman–Crippen MR) is 85.1 cm³/mol. The third kappa shape index (κ3) is 2.19. The Labute approximate surface area is 125 Å². The van der Waals surface area contributed by atoms with Gasteiger partial charge in [-0.1, -0.05) is 47.8 Å². The molecule has 1 aromatic carbocycles. The van der Waals surface area contributed by atoms with Crippen LogP contribution >= 0.6 is 11.3 Å². The minimum absolute atomic E-state index is 0.0116. The quantitative estimate of drug-likeness (QED) is 0.858. The normalized spacial score (nSPS) is 17.9. The number of ketones is 1. The summed E-state index contributed by atoms with van der Waals surface area (Å²) < 4.78 is 1.19. The molecule has 2 aliphatic rings. The topological polar surface area (TPSA) is 54.4 Å². The van der Waals surface area contributed by atoms with E-state index in [-0.39, 0.29) is 5.78 Å². The maximum Gasteiger partial charge on any atom is 0.209 e. The molecule has 21 heavy (non-hydrogen) atoms. The second-order valence-corrected chi connectivity index (χ2v) is 6.12. The van der Waals surface area contributed by atoms with Gasteiger partial charge < -0.3 is 0 Å². The lowest BCUT2D eigenvalue weighted by atomic mass is 10.1. The number of benzene rings is 1. The molecule has 104 valence electrons. The Kier molecular flexibility index (Phi) is 2.93. The van der Waals surface area contributed by atoms with Crippen molar-refractivity contribution in [2.75, 3.05) is 5.43 Å². The molecule has 2 aliphatic carbocycles. The Morgan fingerprint density at radius 1 is 1.19 bits per heavy atom. The number of hydrogen-bond donors (Lipinski definition) is 1. The molecule has 0 radical (unpaired) electrons. The van der Waals surface area contributed by atoms with Crippen molar-refractivity contribution in [1.82, 2.24) is 4.98 Å². The number of aromatic nitrogens is 1. The first-order valence-electron chi connectivity index (χ1n) is 6.94. The van der Waals surface area contributed by atoms with Gasteiger partial charge in [-0.2, -0.15) is 5.10 Å². The van der Waals surface area contributed by atoms with Gasteiger partial charge in [0.05, 0.1) is 9.88 Å². The van der Waals surface area contributed by atoms with Crippen LogP contribution in [0.3, 0.4) is 0 Å². The second-order valence-electron chi connectivity index (χ2n) is 5.09. The minimum atomic E-state index is 0.0116. The average Bonchev–Trinajstić information content (AvgIpc) is 3.07. The molecule has 2 aromatic rings. The van der Waals surface area contributed by atoms with Gasteiger partial charge in [-0.25, -0.2) is 4.98 Å². The summed E-state index contributed by atoms with van der Waals surface area (Å²) in [5.41, 5.74) is 5.30. The van der Waals surface area contributed by atoms with Crippen molar-refractivity contribution in [1.29, 1.82) is 0 Å². The number of nitrogens with one attached hydrogen (secondary N) is 1. The van der Waals surface area contributed by atoms with Gasteiger partial charge in [0.15, 0.2) is 0 Å². The van der Waals surface area contributed by atoms with E-state index in [9.17, 15) is 4.79 Å². The van der Waals surface area contributed by atoms with E-state index in [4.69, 9.17) is 0 Å². The Morgan fingerprint density at radius 2 is 2.05 bits per heavy atom. The first kappa shape index (κ1) is 12.5. The molecule has 1 heterocycles. The average molecular weight is 295 g/mol. The fraction of sp³-hybridized carbons (Fsp3) is 0.188. The molecule has 4 nitrogen and oxygen atoms in total. The van der Waals surface area contributed by atoms with Crippen LogP contribution in [0.15, 0.2) is 29.4 Å². The zero-order valence-electron chi connectivity index (χ0n) is 11.3. The van der Waals surface area contributed by atoms with E-state index in [1.54, 1.807) is 11.3 Å². The van der Waals surface area contributed by atoms with Gasteiger partial charge >= 0.3 is 0 Å². The van der Waals surface area contributed by atoms with Crippen LogP contribution in [0.5, 0.6) is 0 Å². The number of anilines is 1. The van der Waals surface area contributed by atoms with Gasteiger partial charge in [-0.15, -0.1) is 0 Å². The highest BCUT2D eigenvalue weighted by Gasteiger charge is 2.25. The Morgan fingerprint density at radius 3 is 2.90 bits per heavy atom. The number of fused-ring (bicyclic) bond motifs is 2. The van der Waals surface area contributed by atoms with E-state index in [2.05, 4.69) is 27.7 Å². The molecule has 5 heteroatoms. The Hall–Kier alpha value is -2.27. The number of carbonyl (C=O) groups excluding carboxylic acids is 1. The first-order chi connectivity index (χ1) is 10.3. The number of rotatable bonds is 2. The predicted octanol–water partition coefficient (Wildman–Crippen LogP) is 1.70. The summed E-state index contributed by atoms with van der Waals surface area (Å²) in [6, 6.07) is 7.66. The number of hydrogen-bond acceptors (Lipinski definition) is 5. The van der Waals surface area contributed by atoms with Crippen LogP contribution in [0.2, 0.25) is 0 Å². The van der Waals surface area contributed by atoms with Crippen LogP contribution in [0.25, 0.3) is 12.2 Å². The van der Waals surface area contributed by atoms with E-state index < -0.39 is 0 Å². The number of nitrogens with zero attached hydrogens (tertiary/aromatic N) is 2. The van der Waals surface area contributed by atoms with Gasteiger partial charge in [0, 0.05) is 12.0 Å². The Balaban J connectivity index is 1.60.